The van der Waals surface area contributed by atoms with E-state index in [0.717, 1.165) is 42.3 Å². The standard InChI is InChI=1S/C41H28NS2.C13H24O2.Ir/c1-41(2,3)34-23-25(22-24-12-4-5-13-26(24)34)36-38-33(20-21-42-36)39-40(44-38)35-31-18-10-8-16-29(31)27-14-6-7-15-28(27)30-17-9-11-19-32(30)37(35)43-39;1-5-10(6-2)12(14)9-13(15)11(7-3)8-4;/h4-21,23H,1-3H3;9-11,14H,5-8H2,1-4H3;/q-1;;/b;12-9-;. The second kappa shape index (κ2) is 18.1. The van der Waals surface area contributed by atoms with E-state index in [4.69, 9.17) is 4.98 Å². The minimum Gasteiger partial charge on any atom is -0.512 e. The van der Waals surface area contributed by atoms with Crippen molar-refractivity contribution in [3.05, 3.63) is 139 Å². The van der Waals surface area contributed by atoms with Crippen LogP contribution in [0.1, 0.15) is 79.7 Å². The Morgan fingerprint density at radius 3 is 1.80 bits per heavy atom. The third-order valence-corrected chi connectivity index (χ3v) is 14.6. The summed E-state index contributed by atoms with van der Waals surface area (Å²) >= 11 is 3.81. The molecular weight excluding hydrogens is 951 g/mol. The Balaban J connectivity index is 0.000000294. The number of thiophene rings is 2. The summed E-state index contributed by atoms with van der Waals surface area (Å²) in [6.07, 6.45) is 6.89. The van der Waals surface area contributed by atoms with Crippen LogP contribution in [0.4, 0.5) is 0 Å². The third-order valence-electron chi connectivity index (χ3n) is 12.0. The van der Waals surface area contributed by atoms with Crippen LogP contribution in [0.2, 0.25) is 0 Å². The first-order chi connectivity index (χ1) is 28.6. The number of ketones is 1. The van der Waals surface area contributed by atoms with Crippen LogP contribution in [-0.2, 0) is 30.3 Å². The van der Waals surface area contributed by atoms with E-state index >= 15 is 0 Å². The van der Waals surface area contributed by atoms with Crippen LogP contribution >= 0.6 is 22.7 Å². The van der Waals surface area contributed by atoms with Crippen molar-refractivity contribution in [2.24, 2.45) is 11.8 Å². The second-order valence-corrected chi connectivity index (χ2v) is 18.7. The quantitative estimate of drug-likeness (QED) is 0.0937. The van der Waals surface area contributed by atoms with Crippen LogP contribution in [0.25, 0.3) is 85.3 Å². The molecule has 3 heterocycles. The van der Waals surface area contributed by atoms with Crippen molar-refractivity contribution in [2.45, 2.75) is 79.6 Å². The molecule has 6 heteroatoms. The molecule has 8 aromatic rings. The van der Waals surface area contributed by atoms with Crippen LogP contribution in [0.15, 0.2) is 127 Å². The molecule has 0 atom stereocenters. The Morgan fingerprint density at radius 2 is 1.20 bits per heavy atom. The summed E-state index contributed by atoms with van der Waals surface area (Å²) < 4.78 is 3.91. The largest absolute Gasteiger partial charge is 0.512 e. The van der Waals surface area contributed by atoms with Crippen molar-refractivity contribution in [3.63, 3.8) is 0 Å². The summed E-state index contributed by atoms with van der Waals surface area (Å²) in [6.45, 7) is 14.9. The van der Waals surface area contributed by atoms with Gasteiger partial charge in [0.05, 0.1) is 15.2 Å². The Labute approximate surface area is 376 Å². The number of allylic oxidation sites excluding steroid dienone is 2. The van der Waals surface area contributed by atoms with Gasteiger partial charge < -0.3 is 5.11 Å². The van der Waals surface area contributed by atoms with Crippen molar-refractivity contribution in [2.75, 3.05) is 0 Å². The average molecular weight is 1000 g/mol. The molecule has 0 spiro atoms. The van der Waals surface area contributed by atoms with Crippen LogP contribution < -0.4 is 0 Å². The Hall–Kier alpha value is -4.71. The topological polar surface area (TPSA) is 50.2 Å². The smallest absolute Gasteiger partial charge is 0.162 e. The van der Waals surface area contributed by atoms with Gasteiger partial charge in [0.1, 0.15) is 0 Å². The molecule has 0 amide bonds. The zero-order valence-electron chi connectivity index (χ0n) is 35.5. The monoisotopic (exact) mass is 1000 g/mol. The molecule has 1 N–H and O–H groups in total. The van der Waals surface area contributed by atoms with Crippen molar-refractivity contribution in [1.82, 2.24) is 4.98 Å². The van der Waals surface area contributed by atoms with E-state index < -0.39 is 0 Å². The number of rotatable bonds is 8. The molecule has 60 heavy (non-hydrogen) atoms. The molecule has 1 aliphatic carbocycles. The average Bonchev–Trinajstić information content (AvgIpc) is 3.80. The van der Waals surface area contributed by atoms with Crippen LogP contribution in [0.3, 0.4) is 0 Å². The van der Waals surface area contributed by atoms with E-state index in [1.54, 1.807) is 0 Å². The number of hydrogen-bond donors (Lipinski definition) is 1. The van der Waals surface area contributed by atoms with Gasteiger partial charge in [0.2, 0.25) is 0 Å². The summed E-state index contributed by atoms with van der Waals surface area (Å²) in [4.78, 5) is 18.1. The van der Waals surface area contributed by atoms with E-state index in [9.17, 15) is 9.90 Å². The number of aromatic nitrogens is 1. The first-order valence-corrected chi connectivity index (χ1v) is 22.7. The molecule has 0 saturated heterocycles. The maximum Gasteiger partial charge on any atom is 0.162 e. The molecule has 1 radical (unpaired) electrons. The summed E-state index contributed by atoms with van der Waals surface area (Å²) in [5, 5.41) is 13.4. The molecule has 3 nitrogen and oxygen atoms in total. The van der Waals surface area contributed by atoms with Gasteiger partial charge in [-0.25, -0.2) is 0 Å². The number of hydrogen-bond acceptors (Lipinski definition) is 5. The zero-order valence-corrected chi connectivity index (χ0v) is 39.5. The van der Waals surface area contributed by atoms with Gasteiger partial charge >= 0.3 is 0 Å². The van der Waals surface area contributed by atoms with Crippen molar-refractivity contribution < 1.29 is 30.0 Å². The Kier molecular flexibility index (Phi) is 13.1. The molecule has 1 aliphatic rings. The number of aliphatic hydroxyl groups excluding tert-OH is 1. The zero-order chi connectivity index (χ0) is 41.4. The van der Waals surface area contributed by atoms with E-state index in [1.807, 2.05) is 56.6 Å². The van der Waals surface area contributed by atoms with Gasteiger partial charge in [-0.1, -0.05) is 150 Å². The van der Waals surface area contributed by atoms with Crippen molar-refractivity contribution in [1.29, 1.82) is 0 Å². The molecule has 9 rings (SSSR count). The predicted molar refractivity (Wildman–Crippen MR) is 255 cm³/mol. The SMILES string of the molecule is CC(C)(C)c1cc(-c2nccc3c2sc2c4c(sc23)-c2ccccc2-c2ccccc2-c2ccccc2-4)[c-]c2ccccc12.CCC(CC)C(=O)/C=C(\O)C(CC)CC.[Ir]. The van der Waals surface area contributed by atoms with E-state index in [0.29, 0.717) is 0 Å². The predicted octanol–water partition coefficient (Wildman–Crippen LogP) is 16.3. The van der Waals surface area contributed by atoms with Gasteiger partial charge in [-0.15, -0.1) is 51.8 Å². The number of benzene rings is 5. The molecule has 0 fully saturated rings. The molecule has 3 aromatic heterocycles. The number of aliphatic hydroxyl groups is 1. The first kappa shape index (κ1) is 43.4. The molecule has 0 unspecified atom stereocenters. The second-order valence-electron chi connectivity index (χ2n) is 16.6. The number of carbonyl (C=O) groups is 1. The molecule has 5 aromatic carbocycles. The van der Waals surface area contributed by atoms with Crippen LogP contribution in [0, 0.1) is 17.9 Å². The minimum absolute atomic E-state index is 0. The van der Waals surface area contributed by atoms with E-state index in [-0.39, 0.29) is 48.9 Å². The van der Waals surface area contributed by atoms with Crippen molar-refractivity contribution in [3.8, 4) is 55.1 Å². The molecule has 0 bridgehead atoms. The Bertz CT molecular complexity index is 2870. The van der Waals surface area contributed by atoms with E-state index in [1.165, 1.54) is 80.3 Å². The number of fused-ring (bicyclic) bond motifs is 13. The van der Waals surface area contributed by atoms with Crippen molar-refractivity contribution >= 4 is 58.7 Å². The third kappa shape index (κ3) is 7.96. The number of nitrogens with zero attached hydrogens (tertiary/aromatic N) is 1. The Morgan fingerprint density at radius 1 is 0.667 bits per heavy atom. The van der Waals surface area contributed by atoms with Gasteiger partial charge in [0, 0.05) is 76.0 Å². The fraction of sp³-hybridized carbons (Fsp3) is 0.259. The first-order valence-electron chi connectivity index (χ1n) is 21.1. The van der Waals surface area contributed by atoms with Gasteiger partial charge in [0.15, 0.2) is 5.78 Å². The maximum atomic E-state index is 11.7. The summed E-state index contributed by atoms with van der Waals surface area (Å²) in [5.74, 6) is 0.547. The molecule has 0 aliphatic heterocycles. The fourth-order valence-electron chi connectivity index (χ4n) is 8.71. The fourth-order valence-corrected chi connectivity index (χ4v) is 11.6. The van der Waals surface area contributed by atoms with Gasteiger partial charge in [-0.2, -0.15) is 0 Å². The summed E-state index contributed by atoms with van der Waals surface area (Å²) in [5.41, 5.74) is 12.5. The van der Waals surface area contributed by atoms with Gasteiger partial charge in [0.25, 0.3) is 0 Å². The summed E-state index contributed by atoms with van der Waals surface area (Å²) in [7, 11) is 0. The maximum absolute atomic E-state index is 11.7. The van der Waals surface area contributed by atoms with Gasteiger partial charge in [-0.3, -0.25) is 9.78 Å². The molecule has 307 valence electrons. The minimum atomic E-state index is -0.00360. The van der Waals surface area contributed by atoms with Crippen LogP contribution in [-0.4, -0.2) is 15.9 Å². The van der Waals surface area contributed by atoms with E-state index in [2.05, 4.69) is 136 Å². The molecular formula is C54H52IrNO2S2-. The normalized spacial score (nSPS) is 12.2. The molecule has 0 saturated carbocycles. The van der Waals surface area contributed by atoms with Crippen LogP contribution in [0.5, 0.6) is 0 Å². The number of carbonyl (C=O) groups excluding carboxylic acids is 1. The number of pyridine rings is 1. The van der Waals surface area contributed by atoms with Gasteiger partial charge in [-0.05, 0) is 65.0 Å². The summed E-state index contributed by atoms with van der Waals surface area (Å²) in [6, 6.07) is 43.6.